The van der Waals surface area contributed by atoms with E-state index in [1.807, 2.05) is 37.5 Å². The maximum absolute atomic E-state index is 13.5. The molecule has 184 valence electrons. The van der Waals surface area contributed by atoms with Gasteiger partial charge in [-0.05, 0) is 93.0 Å². The molecule has 0 saturated carbocycles. The number of rotatable bonds is 4. The minimum atomic E-state index is -0.574. The lowest BCUT2D eigenvalue weighted by molar-refractivity contribution is -0.122. The number of amides is 2. The quantitative estimate of drug-likeness (QED) is 0.227. The molecule has 0 unspecified atom stereocenters. The van der Waals surface area contributed by atoms with Crippen LogP contribution in [-0.4, -0.2) is 34.6 Å². The Labute approximate surface area is 219 Å². The first kappa shape index (κ1) is 25.3. The Morgan fingerprint density at radius 3 is 2.47 bits per heavy atom. The van der Waals surface area contributed by atoms with Crippen molar-refractivity contribution in [1.29, 1.82) is 0 Å². The van der Waals surface area contributed by atoms with Gasteiger partial charge in [-0.1, -0.05) is 23.7 Å². The highest BCUT2D eigenvalue weighted by molar-refractivity contribution is 7.80. The predicted octanol–water partition coefficient (Wildman–Crippen LogP) is 4.98. The van der Waals surface area contributed by atoms with Crippen molar-refractivity contribution in [2.24, 2.45) is 0 Å². The van der Waals surface area contributed by atoms with Crippen molar-refractivity contribution < 1.29 is 19.1 Å². The van der Waals surface area contributed by atoms with Gasteiger partial charge < -0.3 is 9.30 Å². The molecule has 1 aliphatic rings. The zero-order valence-corrected chi connectivity index (χ0v) is 22.0. The van der Waals surface area contributed by atoms with E-state index in [4.69, 9.17) is 28.6 Å². The molecule has 4 rings (SSSR count). The molecular weight excluding hydrogens is 498 g/mol. The number of ether oxygens (including phenoxy) is 1. The van der Waals surface area contributed by atoms with Gasteiger partial charge in [0.15, 0.2) is 5.11 Å². The second-order valence-corrected chi connectivity index (χ2v) is 9.29. The van der Waals surface area contributed by atoms with Crippen molar-refractivity contribution in [2.75, 3.05) is 12.0 Å². The molecule has 36 heavy (non-hydrogen) atoms. The number of benzene rings is 2. The monoisotopic (exact) mass is 521 g/mol. The third kappa shape index (κ3) is 4.34. The molecule has 3 aromatic rings. The van der Waals surface area contributed by atoms with Crippen molar-refractivity contribution in [3.8, 4) is 5.69 Å². The number of anilines is 1. The molecule has 0 radical (unpaired) electrons. The summed E-state index contributed by atoms with van der Waals surface area (Å²) in [5.41, 5.74) is 5.64. The van der Waals surface area contributed by atoms with E-state index in [1.54, 1.807) is 43.3 Å². The molecular formula is C27H24ClN3O4S. The van der Waals surface area contributed by atoms with E-state index >= 15 is 0 Å². The van der Waals surface area contributed by atoms with Crippen LogP contribution in [0.2, 0.25) is 5.02 Å². The summed E-state index contributed by atoms with van der Waals surface area (Å²) in [7, 11) is 1.34. The van der Waals surface area contributed by atoms with Crippen LogP contribution in [0.25, 0.3) is 11.8 Å². The zero-order chi connectivity index (χ0) is 26.3. The molecule has 2 aromatic carbocycles. The number of esters is 1. The molecule has 1 fully saturated rings. The number of nitrogens with zero attached hydrogens (tertiary/aromatic N) is 2. The van der Waals surface area contributed by atoms with E-state index in [2.05, 4.69) is 5.32 Å². The van der Waals surface area contributed by atoms with Crippen LogP contribution in [0.4, 0.5) is 5.69 Å². The van der Waals surface area contributed by atoms with Gasteiger partial charge >= 0.3 is 5.97 Å². The molecule has 0 spiro atoms. The summed E-state index contributed by atoms with van der Waals surface area (Å²) in [6, 6.07) is 12.4. The van der Waals surface area contributed by atoms with Crippen molar-refractivity contribution in [3.05, 3.63) is 86.7 Å². The van der Waals surface area contributed by atoms with E-state index in [9.17, 15) is 14.4 Å². The Balaban J connectivity index is 1.80. The number of carbonyl (C=O) groups excluding carboxylic acids is 3. The molecule has 1 N–H and O–H groups in total. The summed E-state index contributed by atoms with van der Waals surface area (Å²) < 4.78 is 6.84. The Morgan fingerprint density at radius 2 is 1.78 bits per heavy atom. The van der Waals surface area contributed by atoms with Gasteiger partial charge in [0.1, 0.15) is 5.57 Å². The number of methoxy groups -OCH3 is 1. The summed E-state index contributed by atoms with van der Waals surface area (Å²) >= 11 is 11.6. The summed E-state index contributed by atoms with van der Waals surface area (Å²) in [5.74, 6) is -1.55. The van der Waals surface area contributed by atoms with Crippen LogP contribution in [0.5, 0.6) is 0 Å². The van der Waals surface area contributed by atoms with Gasteiger partial charge in [0.2, 0.25) is 0 Å². The van der Waals surface area contributed by atoms with Crippen LogP contribution >= 0.6 is 23.8 Å². The molecule has 0 atom stereocenters. The minimum absolute atomic E-state index is 0.00626. The second kappa shape index (κ2) is 9.72. The summed E-state index contributed by atoms with van der Waals surface area (Å²) in [5, 5.41) is 3.09. The Morgan fingerprint density at radius 1 is 1.06 bits per heavy atom. The van der Waals surface area contributed by atoms with Crippen LogP contribution in [0.1, 0.15) is 38.4 Å². The lowest BCUT2D eigenvalue weighted by Gasteiger charge is -2.30. The van der Waals surface area contributed by atoms with Crippen LogP contribution in [0.15, 0.2) is 48.0 Å². The molecule has 0 bridgehead atoms. The van der Waals surface area contributed by atoms with Crippen LogP contribution in [-0.2, 0) is 14.3 Å². The molecule has 2 heterocycles. The number of nitrogens with one attached hydrogen (secondary N) is 1. The number of hydrogen-bond donors (Lipinski definition) is 1. The van der Waals surface area contributed by atoms with E-state index in [0.29, 0.717) is 27.4 Å². The number of aromatic nitrogens is 1. The number of thiocarbonyl (C=S) groups is 1. The summed E-state index contributed by atoms with van der Waals surface area (Å²) in [6.07, 6.45) is 1.56. The maximum Gasteiger partial charge on any atom is 0.337 e. The van der Waals surface area contributed by atoms with Crippen molar-refractivity contribution in [1.82, 2.24) is 9.88 Å². The normalized spacial score (nSPS) is 14.9. The summed E-state index contributed by atoms with van der Waals surface area (Å²) in [4.78, 5) is 39.7. The second-order valence-electron chi connectivity index (χ2n) is 8.50. The third-order valence-electron chi connectivity index (χ3n) is 6.22. The number of aryl methyl sites for hydroxylation is 2. The fourth-order valence-electron chi connectivity index (χ4n) is 4.27. The topological polar surface area (TPSA) is 80.6 Å². The first-order chi connectivity index (χ1) is 17.0. The van der Waals surface area contributed by atoms with Crippen molar-refractivity contribution in [2.45, 2.75) is 27.7 Å². The first-order valence-corrected chi connectivity index (χ1v) is 11.9. The van der Waals surface area contributed by atoms with Crippen LogP contribution in [0.3, 0.4) is 0 Å². The first-order valence-electron chi connectivity index (χ1n) is 11.1. The average molecular weight is 522 g/mol. The van der Waals surface area contributed by atoms with E-state index in [-0.39, 0.29) is 10.7 Å². The lowest BCUT2D eigenvalue weighted by Crippen LogP contribution is -2.54. The van der Waals surface area contributed by atoms with Crippen molar-refractivity contribution in [3.63, 3.8) is 0 Å². The Bertz CT molecular complexity index is 1490. The molecule has 9 heteroatoms. The van der Waals surface area contributed by atoms with E-state index in [0.717, 1.165) is 22.6 Å². The fraction of sp³-hybridized carbons (Fsp3) is 0.185. The van der Waals surface area contributed by atoms with Gasteiger partial charge in [0.25, 0.3) is 11.8 Å². The van der Waals surface area contributed by atoms with Gasteiger partial charge in [-0.2, -0.15) is 0 Å². The summed E-state index contributed by atoms with van der Waals surface area (Å²) in [6.45, 7) is 7.53. The SMILES string of the molecule is COC(=O)c1ccc(C)c(-n2c(C)cc(/C=C3\C(=O)NC(=S)N(c4cccc(Cl)c4C)C3=O)c2C)c1. The Hall–Kier alpha value is -3.75. The largest absolute Gasteiger partial charge is 0.465 e. The van der Waals surface area contributed by atoms with Gasteiger partial charge in [-0.25, -0.2) is 4.79 Å². The maximum atomic E-state index is 13.5. The van der Waals surface area contributed by atoms with Gasteiger partial charge in [0, 0.05) is 22.1 Å². The van der Waals surface area contributed by atoms with Gasteiger partial charge in [-0.3, -0.25) is 19.8 Å². The average Bonchev–Trinajstić information content (AvgIpc) is 3.11. The van der Waals surface area contributed by atoms with Crippen molar-refractivity contribution >= 4 is 58.5 Å². The van der Waals surface area contributed by atoms with E-state index in [1.165, 1.54) is 12.0 Å². The number of halogens is 1. The highest BCUT2D eigenvalue weighted by Crippen LogP contribution is 2.31. The fourth-order valence-corrected chi connectivity index (χ4v) is 4.71. The lowest BCUT2D eigenvalue weighted by atomic mass is 10.1. The Kier molecular flexibility index (Phi) is 6.84. The van der Waals surface area contributed by atoms with Crippen LogP contribution < -0.4 is 10.2 Å². The standard InChI is InChI=1S/C27H24ClN3O4S/c1-14-9-10-18(26(34)35-5)13-23(14)30-15(2)11-19(17(30)4)12-20-24(32)29-27(36)31(25(20)33)22-8-6-7-21(28)16(22)3/h6-13H,1-5H3,(H,29,32,36)/b20-12+. The number of carbonyl (C=O) groups is 3. The minimum Gasteiger partial charge on any atom is -0.465 e. The van der Waals surface area contributed by atoms with Gasteiger partial charge in [-0.15, -0.1) is 0 Å². The highest BCUT2D eigenvalue weighted by atomic mass is 35.5. The van der Waals surface area contributed by atoms with Crippen LogP contribution in [0, 0.1) is 27.7 Å². The molecule has 7 nitrogen and oxygen atoms in total. The van der Waals surface area contributed by atoms with Gasteiger partial charge in [0.05, 0.1) is 18.4 Å². The predicted molar refractivity (Wildman–Crippen MR) is 144 cm³/mol. The van der Waals surface area contributed by atoms with E-state index < -0.39 is 17.8 Å². The molecule has 2 amide bonds. The highest BCUT2D eigenvalue weighted by Gasteiger charge is 2.35. The smallest absolute Gasteiger partial charge is 0.337 e. The molecule has 1 saturated heterocycles. The zero-order valence-electron chi connectivity index (χ0n) is 20.4. The molecule has 1 aliphatic heterocycles. The molecule has 0 aliphatic carbocycles. The molecule has 1 aromatic heterocycles. The number of hydrogen-bond acceptors (Lipinski definition) is 5. The third-order valence-corrected chi connectivity index (χ3v) is 6.92.